The normalized spacial score (nSPS) is 10.8. The van der Waals surface area contributed by atoms with Gasteiger partial charge in [0.25, 0.3) is 0 Å². The molecule has 1 heterocycles. The maximum absolute atomic E-state index is 4.79. The van der Waals surface area contributed by atoms with Gasteiger partial charge in [-0.05, 0) is 30.2 Å². The van der Waals surface area contributed by atoms with Crippen LogP contribution in [-0.4, -0.2) is 11.5 Å². The highest BCUT2D eigenvalue weighted by atomic mass is 32.1. The first-order valence-electron chi connectivity index (χ1n) is 8.12. The molecule has 0 saturated heterocycles. The molecule has 0 atom stereocenters. The van der Waals surface area contributed by atoms with E-state index in [4.69, 9.17) is 4.98 Å². The Labute approximate surface area is 145 Å². The maximum Gasteiger partial charge on any atom is 0.124 e. The zero-order chi connectivity index (χ0) is 16.2. The smallest absolute Gasteiger partial charge is 0.124 e. The van der Waals surface area contributed by atoms with Crippen molar-refractivity contribution >= 4 is 27.2 Å². The number of nitrogens with zero attached hydrogens (tertiary/aromatic N) is 1. The maximum atomic E-state index is 4.79. The summed E-state index contributed by atoms with van der Waals surface area (Å²) in [5, 5.41) is 4.57. The van der Waals surface area contributed by atoms with E-state index in [1.54, 1.807) is 11.3 Å². The van der Waals surface area contributed by atoms with Gasteiger partial charge in [-0.15, -0.1) is 11.3 Å². The van der Waals surface area contributed by atoms with Crippen LogP contribution in [0.1, 0.15) is 5.56 Å². The molecule has 0 spiro atoms. The van der Waals surface area contributed by atoms with E-state index in [2.05, 4.69) is 78.1 Å². The molecule has 0 radical (unpaired) electrons. The third-order valence-corrected chi connectivity index (χ3v) is 5.08. The predicted octanol–water partition coefficient (Wildman–Crippen LogP) is 5.62. The van der Waals surface area contributed by atoms with Crippen LogP contribution in [0.5, 0.6) is 0 Å². The van der Waals surface area contributed by atoms with Crippen LogP contribution >= 0.6 is 11.3 Å². The summed E-state index contributed by atoms with van der Waals surface area (Å²) in [6.45, 7) is 0.922. The molecular weight excluding hydrogens is 312 g/mol. The van der Waals surface area contributed by atoms with E-state index in [0.29, 0.717) is 0 Å². The lowest BCUT2D eigenvalue weighted by atomic mass is 10.1. The summed E-state index contributed by atoms with van der Waals surface area (Å²) in [4.78, 5) is 4.79. The van der Waals surface area contributed by atoms with E-state index >= 15 is 0 Å². The van der Waals surface area contributed by atoms with Crippen LogP contribution in [0, 0.1) is 0 Å². The van der Waals surface area contributed by atoms with Gasteiger partial charge in [-0.3, -0.25) is 0 Å². The van der Waals surface area contributed by atoms with Crippen molar-refractivity contribution in [2.24, 2.45) is 0 Å². The zero-order valence-electron chi connectivity index (χ0n) is 13.3. The van der Waals surface area contributed by atoms with Crippen molar-refractivity contribution in [2.45, 2.75) is 6.42 Å². The monoisotopic (exact) mass is 330 g/mol. The number of rotatable bonds is 5. The van der Waals surface area contributed by atoms with E-state index in [1.165, 1.54) is 15.8 Å². The topological polar surface area (TPSA) is 24.9 Å². The third kappa shape index (κ3) is 3.31. The number of hydrogen-bond acceptors (Lipinski definition) is 3. The van der Waals surface area contributed by atoms with Crippen LogP contribution in [0.3, 0.4) is 0 Å². The van der Waals surface area contributed by atoms with Crippen LogP contribution in [0.15, 0.2) is 78.9 Å². The summed E-state index contributed by atoms with van der Waals surface area (Å²) in [5.41, 5.74) is 4.72. The highest BCUT2D eigenvalue weighted by Gasteiger charge is 2.06. The molecule has 24 heavy (non-hydrogen) atoms. The van der Waals surface area contributed by atoms with Crippen molar-refractivity contribution in [3.05, 3.63) is 84.4 Å². The van der Waals surface area contributed by atoms with Gasteiger partial charge in [0.1, 0.15) is 5.01 Å². The second-order valence-corrected chi connectivity index (χ2v) is 6.76. The van der Waals surface area contributed by atoms with Crippen LogP contribution in [0.4, 0.5) is 5.69 Å². The number of thiazole rings is 1. The zero-order valence-corrected chi connectivity index (χ0v) is 14.1. The van der Waals surface area contributed by atoms with E-state index in [1.807, 2.05) is 6.07 Å². The van der Waals surface area contributed by atoms with Crippen LogP contribution in [0.2, 0.25) is 0 Å². The molecule has 0 saturated carbocycles. The Bertz CT molecular complexity index is 930. The Morgan fingerprint density at radius 1 is 0.833 bits per heavy atom. The van der Waals surface area contributed by atoms with Gasteiger partial charge in [-0.2, -0.15) is 0 Å². The Kier molecular flexibility index (Phi) is 4.26. The molecule has 1 aromatic heterocycles. The Morgan fingerprint density at radius 2 is 1.58 bits per heavy atom. The molecule has 0 unspecified atom stereocenters. The molecule has 4 aromatic rings. The summed E-state index contributed by atoms with van der Waals surface area (Å²) >= 11 is 1.74. The minimum atomic E-state index is 0.922. The van der Waals surface area contributed by atoms with Gasteiger partial charge in [0.2, 0.25) is 0 Å². The van der Waals surface area contributed by atoms with Gasteiger partial charge in [0, 0.05) is 17.8 Å². The van der Waals surface area contributed by atoms with Crippen LogP contribution in [0.25, 0.3) is 20.8 Å². The molecule has 0 fully saturated rings. The van der Waals surface area contributed by atoms with Crippen molar-refractivity contribution in [1.82, 2.24) is 4.98 Å². The van der Waals surface area contributed by atoms with E-state index < -0.39 is 0 Å². The number of nitrogens with one attached hydrogen (secondary N) is 1. The first-order valence-corrected chi connectivity index (χ1v) is 8.94. The summed E-state index contributed by atoms with van der Waals surface area (Å²) < 4.78 is 1.22. The van der Waals surface area contributed by atoms with Gasteiger partial charge >= 0.3 is 0 Å². The predicted molar refractivity (Wildman–Crippen MR) is 104 cm³/mol. The van der Waals surface area contributed by atoms with E-state index in [0.717, 1.165) is 29.2 Å². The molecule has 0 aliphatic heterocycles. The second-order valence-electron chi connectivity index (χ2n) is 5.73. The summed E-state index contributed by atoms with van der Waals surface area (Å²) in [7, 11) is 0. The summed E-state index contributed by atoms with van der Waals surface area (Å²) in [6, 6.07) is 27.3. The lowest BCUT2D eigenvalue weighted by molar-refractivity contribution is 1.02. The first-order chi connectivity index (χ1) is 11.9. The fourth-order valence-corrected chi connectivity index (χ4v) is 3.69. The number of fused-ring (bicyclic) bond motifs is 1. The Balaban J connectivity index is 1.49. The number of anilines is 1. The Morgan fingerprint density at radius 3 is 2.38 bits per heavy atom. The summed E-state index contributed by atoms with van der Waals surface area (Å²) in [5.74, 6) is 0. The van der Waals surface area contributed by atoms with Crippen molar-refractivity contribution in [3.63, 3.8) is 0 Å². The molecule has 0 bridgehead atoms. The second kappa shape index (κ2) is 6.85. The minimum Gasteiger partial charge on any atom is -0.385 e. The molecule has 0 aliphatic carbocycles. The highest BCUT2D eigenvalue weighted by molar-refractivity contribution is 7.21. The molecule has 4 rings (SSSR count). The van der Waals surface area contributed by atoms with Crippen LogP contribution < -0.4 is 5.32 Å². The molecular formula is C21H18N2S. The molecule has 118 valence electrons. The van der Waals surface area contributed by atoms with Crippen molar-refractivity contribution < 1.29 is 0 Å². The Hall–Kier alpha value is -2.65. The van der Waals surface area contributed by atoms with Crippen molar-refractivity contribution in [1.29, 1.82) is 0 Å². The number of benzene rings is 3. The lowest BCUT2D eigenvalue weighted by Crippen LogP contribution is -2.04. The molecule has 1 N–H and O–H groups in total. The van der Waals surface area contributed by atoms with Gasteiger partial charge in [-0.1, -0.05) is 60.7 Å². The van der Waals surface area contributed by atoms with Crippen LogP contribution in [-0.2, 0) is 6.42 Å². The highest BCUT2D eigenvalue weighted by Crippen LogP contribution is 2.31. The molecule has 3 aromatic carbocycles. The third-order valence-electron chi connectivity index (χ3n) is 3.99. The molecule has 0 amide bonds. The van der Waals surface area contributed by atoms with Gasteiger partial charge < -0.3 is 5.32 Å². The van der Waals surface area contributed by atoms with Crippen molar-refractivity contribution in [2.75, 3.05) is 11.9 Å². The lowest BCUT2D eigenvalue weighted by Gasteiger charge is -2.06. The van der Waals surface area contributed by atoms with Gasteiger partial charge in [0.05, 0.1) is 10.2 Å². The van der Waals surface area contributed by atoms with Crippen molar-refractivity contribution in [3.8, 4) is 10.6 Å². The fourth-order valence-electron chi connectivity index (χ4n) is 2.74. The largest absolute Gasteiger partial charge is 0.385 e. The number of aromatic nitrogens is 1. The standard InChI is InChI=1S/C21H18N2S/c1-3-7-16(8-4-1)13-14-22-18-11-12-20-19(15-18)23-21(24-20)17-9-5-2-6-10-17/h1-12,15,22H,13-14H2. The number of hydrogen-bond donors (Lipinski definition) is 1. The SMILES string of the molecule is c1ccc(CCNc2ccc3sc(-c4ccccc4)nc3c2)cc1. The molecule has 0 aliphatic rings. The first kappa shape index (κ1) is 14.9. The summed E-state index contributed by atoms with van der Waals surface area (Å²) in [6.07, 6.45) is 1.02. The molecule has 3 heteroatoms. The van der Waals surface area contributed by atoms with E-state index in [-0.39, 0.29) is 0 Å². The quantitative estimate of drug-likeness (QED) is 0.514. The minimum absolute atomic E-state index is 0.922. The van der Waals surface area contributed by atoms with Gasteiger partial charge in [-0.25, -0.2) is 4.98 Å². The molecule has 2 nitrogen and oxygen atoms in total. The average Bonchev–Trinajstić information content (AvgIpc) is 3.07. The fraction of sp³-hybridized carbons (Fsp3) is 0.0952. The average molecular weight is 330 g/mol. The van der Waals surface area contributed by atoms with Gasteiger partial charge in [0.15, 0.2) is 0 Å². The van der Waals surface area contributed by atoms with E-state index in [9.17, 15) is 0 Å².